The fourth-order valence-electron chi connectivity index (χ4n) is 4.95. The molecule has 3 aromatic carbocycles. The van der Waals surface area contributed by atoms with Gasteiger partial charge in [-0.15, -0.1) is 11.8 Å². The Morgan fingerprint density at radius 1 is 0.949 bits per heavy atom. The van der Waals surface area contributed by atoms with Crippen LogP contribution < -0.4 is 25.3 Å². The van der Waals surface area contributed by atoms with Gasteiger partial charge in [0, 0.05) is 16.5 Å². The van der Waals surface area contributed by atoms with E-state index in [4.69, 9.17) is 23.4 Å². The number of ether oxygens (including phenoxy) is 4. The first-order valence-corrected chi connectivity index (χ1v) is 13.4. The monoisotopic (exact) mass is 546 g/mol. The van der Waals surface area contributed by atoms with E-state index >= 15 is 0 Å². The molecule has 1 aliphatic rings. The predicted molar refractivity (Wildman–Crippen MR) is 149 cm³/mol. The first kappa shape index (κ1) is 26.4. The maximum absolute atomic E-state index is 13.4. The van der Waals surface area contributed by atoms with Gasteiger partial charge in [-0.05, 0) is 60.6 Å². The zero-order valence-corrected chi connectivity index (χ0v) is 22.7. The number of carbonyl (C=O) groups excluding carboxylic acids is 1. The minimum Gasteiger partial charge on any atom is -0.493 e. The first-order valence-electron chi connectivity index (χ1n) is 12.2. The molecule has 0 saturated carbocycles. The molecule has 0 N–H and O–H groups in total. The molecule has 0 aliphatic heterocycles. The lowest BCUT2D eigenvalue weighted by Gasteiger charge is -2.19. The van der Waals surface area contributed by atoms with E-state index in [2.05, 4.69) is 0 Å². The van der Waals surface area contributed by atoms with Crippen LogP contribution in [0.4, 0.5) is 0 Å². The number of esters is 1. The van der Waals surface area contributed by atoms with Crippen molar-refractivity contribution in [3.8, 4) is 28.4 Å². The Morgan fingerprint density at radius 2 is 1.72 bits per heavy atom. The summed E-state index contributed by atoms with van der Waals surface area (Å²) in [5.41, 5.74) is 1.90. The number of carbonyl (C=O) groups is 1. The second-order valence-corrected chi connectivity index (χ2v) is 9.72. The zero-order valence-electron chi connectivity index (χ0n) is 21.9. The van der Waals surface area contributed by atoms with Crippen molar-refractivity contribution in [1.82, 2.24) is 0 Å². The molecule has 0 amide bonds. The van der Waals surface area contributed by atoms with Gasteiger partial charge in [-0.25, -0.2) is 9.59 Å². The number of rotatable bonds is 6. The van der Waals surface area contributed by atoms with E-state index in [-0.39, 0.29) is 11.0 Å². The molecule has 1 atom stereocenters. The van der Waals surface area contributed by atoms with Gasteiger partial charge >= 0.3 is 11.6 Å². The molecule has 0 unspecified atom stereocenters. The third kappa shape index (κ3) is 4.74. The van der Waals surface area contributed by atoms with Gasteiger partial charge in [0.25, 0.3) is 0 Å². The molecule has 9 heteroatoms. The number of benzene rings is 2. The van der Waals surface area contributed by atoms with Crippen molar-refractivity contribution in [2.24, 2.45) is 0 Å². The predicted octanol–water partition coefficient (Wildman–Crippen LogP) is 5.41. The third-order valence-corrected chi connectivity index (χ3v) is 7.55. The number of hydrogen-bond acceptors (Lipinski definition) is 9. The van der Waals surface area contributed by atoms with Gasteiger partial charge < -0.3 is 23.4 Å². The Balaban J connectivity index is 1.68. The van der Waals surface area contributed by atoms with Gasteiger partial charge in [-0.3, -0.25) is 4.79 Å². The van der Waals surface area contributed by atoms with E-state index in [1.54, 1.807) is 37.4 Å². The van der Waals surface area contributed by atoms with Crippen LogP contribution in [-0.4, -0.2) is 33.6 Å². The zero-order chi connectivity index (χ0) is 27.7. The molecule has 8 nitrogen and oxygen atoms in total. The number of thioether (sulfide) groups is 1. The molecule has 200 valence electrons. The van der Waals surface area contributed by atoms with Crippen molar-refractivity contribution in [1.29, 1.82) is 0 Å². The maximum atomic E-state index is 13.4. The van der Waals surface area contributed by atoms with Crippen molar-refractivity contribution < 1.29 is 28.2 Å². The minimum absolute atomic E-state index is 0.210. The summed E-state index contributed by atoms with van der Waals surface area (Å²) >= 11 is 1.32. The van der Waals surface area contributed by atoms with E-state index in [0.29, 0.717) is 57.1 Å². The average Bonchev–Trinajstić information content (AvgIpc) is 3.19. The minimum atomic E-state index is -0.831. The van der Waals surface area contributed by atoms with Gasteiger partial charge in [-0.2, -0.15) is 0 Å². The molecule has 0 saturated heterocycles. The van der Waals surface area contributed by atoms with Crippen LogP contribution in [0.1, 0.15) is 34.0 Å². The molecule has 4 aromatic rings. The summed E-state index contributed by atoms with van der Waals surface area (Å²) < 4.78 is 28.3. The summed E-state index contributed by atoms with van der Waals surface area (Å²) in [6.07, 6.45) is 1.81. The van der Waals surface area contributed by atoms with Crippen molar-refractivity contribution in [3.63, 3.8) is 0 Å². The highest BCUT2D eigenvalue weighted by Crippen LogP contribution is 2.50. The lowest BCUT2D eigenvalue weighted by Crippen LogP contribution is -2.19. The Hall–Kier alpha value is -4.24. The Morgan fingerprint density at radius 3 is 2.44 bits per heavy atom. The Bertz CT molecular complexity index is 1710. The van der Waals surface area contributed by atoms with Crippen molar-refractivity contribution in [2.45, 2.75) is 23.8 Å². The maximum Gasteiger partial charge on any atom is 0.351 e. The molecule has 39 heavy (non-hydrogen) atoms. The Labute approximate surface area is 228 Å². The summed E-state index contributed by atoms with van der Waals surface area (Å²) in [5, 5.41) is 0.597. The third-order valence-electron chi connectivity index (χ3n) is 6.78. The molecule has 0 spiro atoms. The summed E-state index contributed by atoms with van der Waals surface area (Å²) in [6, 6.07) is 15.3. The van der Waals surface area contributed by atoms with Gasteiger partial charge in [-0.1, -0.05) is 24.3 Å². The highest BCUT2D eigenvalue weighted by molar-refractivity contribution is 7.98. The topological polar surface area (TPSA) is 101 Å². The van der Waals surface area contributed by atoms with Gasteiger partial charge in [0.1, 0.15) is 17.3 Å². The van der Waals surface area contributed by atoms with E-state index in [9.17, 15) is 14.4 Å². The highest BCUT2D eigenvalue weighted by Gasteiger charge is 2.31. The van der Waals surface area contributed by atoms with Crippen LogP contribution in [-0.2, 0) is 11.2 Å². The van der Waals surface area contributed by atoms with Crippen molar-refractivity contribution in [3.05, 3.63) is 91.9 Å². The number of hydrogen-bond donors (Lipinski definition) is 0. The molecule has 0 bridgehead atoms. The summed E-state index contributed by atoms with van der Waals surface area (Å²) in [5.74, 6) is 0.517. The van der Waals surface area contributed by atoms with E-state index in [1.165, 1.54) is 38.1 Å². The lowest BCUT2D eigenvalue weighted by atomic mass is 9.96. The van der Waals surface area contributed by atoms with Crippen LogP contribution in [0.5, 0.6) is 17.2 Å². The van der Waals surface area contributed by atoms with E-state index in [0.717, 1.165) is 11.1 Å². The van der Waals surface area contributed by atoms with E-state index < -0.39 is 17.7 Å². The Kier molecular flexibility index (Phi) is 7.34. The molecule has 1 aliphatic carbocycles. The van der Waals surface area contributed by atoms with Crippen LogP contribution in [0.2, 0.25) is 0 Å². The lowest BCUT2D eigenvalue weighted by molar-refractivity contribution is 0.0276. The molecule has 1 aromatic heterocycles. The van der Waals surface area contributed by atoms with Gasteiger partial charge in [0.15, 0.2) is 16.9 Å². The smallest absolute Gasteiger partial charge is 0.351 e. The van der Waals surface area contributed by atoms with Crippen LogP contribution in [0, 0.1) is 0 Å². The summed E-state index contributed by atoms with van der Waals surface area (Å²) in [7, 11) is 4.60. The van der Waals surface area contributed by atoms with E-state index in [1.807, 2.05) is 18.4 Å². The number of fused-ring (bicyclic) bond motifs is 4. The second-order valence-electron chi connectivity index (χ2n) is 8.88. The fraction of sp³-hybridized carbons (Fsp3) is 0.233. The molecule has 1 heterocycles. The SMILES string of the molecule is COc1cc2c(c(OC)c1OC)-c1ccc(SC)c(=O)cc1[C@H](OC(=O)c1cc3ccccc3oc1=O)CC2. The fourth-order valence-corrected chi connectivity index (χ4v) is 5.42. The summed E-state index contributed by atoms with van der Waals surface area (Å²) in [6.45, 7) is 0. The molecule has 0 fully saturated rings. The van der Waals surface area contributed by atoms with Crippen LogP contribution in [0.25, 0.3) is 22.1 Å². The second kappa shape index (κ2) is 10.9. The van der Waals surface area contributed by atoms with Gasteiger partial charge in [0.2, 0.25) is 5.75 Å². The average molecular weight is 547 g/mol. The largest absolute Gasteiger partial charge is 0.493 e. The van der Waals surface area contributed by atoms with Crippen molar-refractivity contribution in [2.75, 3.05) is 27.6 Å². The molecular weight excluding hydrogens is 520 g/mol. The highest BCUT2D eigenvalue weighted by atomic mass is 32.2. The number of methoxy groups -OCH3 is 3. The van der Waals surface area contributed by atoms with Crippen molar-refractivity contribution >= 4 is 28.7 Å². The first-order chi connectivity index (χ1) is 18.9. The number of aryl methyl sites for hydroxylation is 1. The number of para-hydroxylation sites is 1. The molecule has 0 radical (unpaired) electrons. The van der Waals surface area contributed by atoms with Gasteiger partial charge in [0.05, 0.1) is 26.2 Å². The molecule has 5 rings (SSSR count). The standard InChI is InChI=1S/C30H26O8S/c1-34-24-14-17-9-11-23(38-30(33)20-13-16-7-5-6-8-22(16)37-29(20)32)19-15-21(31)25(39-4)12-10-18(19)26(17)28(36-3)27(24)35-2/h5-8,10,12-15,23H,9,11H2,1-4H3/t23-/m1/s1. The van der Waals surface area contributed by atoms with Crippen LogP contribution in [0.3, 0.4) is 0 Å². The van der Waals surface area contributed by atoms with Crippen LogP contribution >= 0.6 is 11.8 Å². The quantitative estimate of drug-likeness (QED) is 0.178. The van der Waals surface area contributed by atoms with Crippen LogP contribution in [0.15, 0.2) is 73.5 Å². The summed E-state index contributed by atoms with van der Waals surface area (Å²) in [4.78, 5) is 39.7. The molecular formula is C30H26O8S. The normalized spacial score (nSPS) is 14.1.